The lowest BCUT2D eigenvalue weighted by atomic mass is 10.1. The minimum atomic E-state index is 0.0856. The van der Waals surface area contributed by atoms with Crippen molar-refractivity contribution in [2.45, 2.75) is 32.9 Å². The van der Waals surface area contributed by atoms with E-state index in [1.54, 1.807) is 19.1 Å². The highest BCUT2D eigenvalue weighted by Gasteiger charge is 2.21. The molecule has 0 bridgehead atoms. The normalized spacial score (nSPS) is 16.3. The first-order valence-corrected chi connectivity index (χ1v) is 7.36. The van der Waals surface area contributed by atoms with Crippen LogP contribution >= 0.6 is 0 Å². The van der Waals surface area contributed by atoms with Crippen molar-refractivity contribution in [3.63, 3.8) is 0 Å². The zero-order valence-electron chi connectivity index (χ0n) is 13.2. The number of benzene rings is 1. The summed E-state index contributed by atoms with van der Waals surface area (Å²) in [6.45, 7) is 5.64. The second-order valence-corrected chi connectivity index (χ2v) is 5.42. The fraction of sp³-hybridized carbons (Fsp3) is 0.562. The number of likely N-dealkylation sites (N-methyl/N-ethyl adjacent to an activating group) is 1. The van der Waals surface area contributed by atoms with Crippen LogP contribution in [0.4, 0.5) is 0 Å². The van der Waals surface area contributed by atoms with Gasteiger partial charge in [0.05, 0.1) is 13.7 Å². The fourth-order valence-electron chi connectivity index (χ4n) is 2.43. The van der Waals surface area contributed by atoms with Gasteiger partial charge in [-0.1, -0.05) is 0 Å². The quantitative estimate of drug-likeness (QED) is 0.865. The number of amides is 1. The van der Waals surface area contributed by atoms with Gasteiger partial charge in [0.2, 0.25) is 5.91 Å². The summed E-state index contributed by atoms with van der Waals surface area (Å²) in [5.41, 5.74) is 2.20. The van der Waals surface area contributed by atoms with Crippen molar-refractivity contribution in [2.75, 3.05) is 27.2 Å². The maximum absolute atomic E-state index is 11.8. The molecule has 1 heterocycles. The van der Waals surface area contributed by atoms with Gasteiger partial charge in [-0.15, -0.1) is 0 Å². The molecule has 0 fully saturated rings. The molecule has 1 atom stereocenters. The Morgan fingerprint density at radius 2 is 2.29 bits per heavy atom. The average Bonchev–Trinajstić information content (AvgIpc) is 2.84. The second kappa shape index (κ2) is 6.80. The second-order valence-electron chi connectivity index (χ2n) is 5.42. The number of hydrogen-bond donors (Lipinski definition) is 1. The van der Waals surface area contributed by atoms with E-state index in [4.69, 9.17) is 9.47 Å². The highest BCUT2D eigenvalue weighted by Crippen LogP contribution is 2.34. The van der Waals surface area contributed by atoms with Gasteiger partial charge < -0.3 is 19.7 Å². The summed E-state index contributed by atoms with van der Waals surface area (Å²) in [4.78, 5) is 13.4. The van der Waals surface area contributed by atoms with Gasteiger partial charge in [0, 0.05) is 37.7 Å². The molecule has 1 aromatic carbocycles. The summed E-state index contributed by atoms with van der Waals surface area (Å²) in [6, 6.07) is 4.05. The largest absolute Gasteiger partial charge is 0.496 e. The summed E-state index contributed by atoms with van der Waals surface area (Å²) in [5.74, 6) is 1.86. The lowest BCUT2D eigenvalue weighted by Crippen LogP contribution is -2.35. The van der Waals surface area contributed by atoms with Crippen LogP contribution in [-0.2, 0) is 17.8 Å². The molecule has 0 saturated carbocycles. The molecule has 21 heavy (non-hydrogen) atoms. The third-order valence-electron chi connectivity index (χ3n) is 3.79. The lowest BCUT2D eigenvalue weighted by Gasteiger charge is -2.16. The first-order valence-electron chi connectivity index (χ1n) is 7.36. The number of ether oxygens (including phenoxy) is 2. The molecule has 5 heteroatoms. The Bertz CT molecular complexity index is 516. The lowest BCUT2D eigenvalue weighted by molar-refractivity contribution is -0.128. The third kappa shape index (κ3) is 3.67. The standard InChI is InChI=1S/C16H24N2O3/c1-5-18(3)16(19)10-17-9-13-8-15-12(6-11(2)21-15)7-14(13)20-4/h7-8,11,17H,5-6,9-10H2,1-4H3. The SMILES string of the molecule is CCN(C)C(=O)CNCc1cc2c(cc1OC)CC(C)O2. The number of methoxy groups -OCH3 is 1. The molecule has 0 radical (unpaired) electrons. The van der Waals surface area contributed by atoms with Gasteiger partial charge in [-0.05, 0) is 26.0 Å². The summed E-state index contributed by atoms with van der Waals surface area (Å²) in [6.07, 6.45) is 1.13. The van der Waals surface area contributed by atoms with Gasteiger partial charge in [0.25, 0.3) is 0 Å². The average molecular weight is 292 g/mol. The molecule has 0 aliphatic carbocycles. The number of rotatable bonds is 6. The Balaban J connectivity index is 2.00. The number of nitrogens with zero attached hydrogens (tertiary/aromatic N) is 1. The molecular formula is C16H24N2O3. The van der Waals surface area contributed by atoms with E-state index < -0.39 is 0 Å². The van der Waals surface area contributed by atoms with E-state index in [2.05, 4.69) is 12.2 Å². The molecule has 1 unspecified atom stereocenters. The zero-order valence-corrected chi connectivity index (χ0v) is 13.2. The molecular weight excluding hydrogens is 268 g/mol. The van der Waals surface area contributed by atoms with Gasteiger partial charge in [0.1, 0.15) is 17.6 Å². The van der Waals surface area contributed by atoms with Crippen LogP contribution in [0.25, 0.3) is 0 Å². The molecule has 0 saturated heterocycles. The van der Waals surface area contributed by atoms with Crippen molar-refractivity contribution in [3.05, 3.63) is 23.3 Å². The van der Waals surface area contributed by atoms with Crippen molar-refractivity contribution >= 4 is 5.91 Å². The Morgan fingerprint density at radius 1 is 1.52 bits per heavy atom. The van der Waals surface area contributed by atoms with Crippen LogP contribution in [0.15, 0.2) is 12.1 Å². The number of carbonyl (C=O) groups is 1. The molecule has 1 N–H and O–H groups in total. The highest BCUT2D eigenvalue weighted by molar-refractivity contribution is 5.77. The maximum Gasteiger partial charge on any atom is 0.236 e. The maximum atomic E-state index is 11.8. The Hall–Kier alpha value is -1.75. The van der Waals surface area contributed by atoms with Crippen molar-refractivity contribution < 1.29 is 14.3 Å². The molecule has 1 amide bonds. The van der Waals surface area contributed by atoms with Gasteiger partial charge >= 0.3 is 0 Å². The van der Waals surface area contributed by atoms with E-state index in [1.165, 1.54) is 5.56 Å². The van der Waals surface area contributed by atoms with Crippen LogP contribution in [0.1, 0.15) is 25.0 Å². The molecule has 5 nitrogen and oxygen atoms in total. The minimum absolute atomic E-state index is 0.0856. The number of fused-ring (bicyclic) bond motifs is 1. The number of carbonyl (C=O) groups excluding carboxylic acids is 1. The van der Waals surface area contributed by atoms with Gasteiger partial charge in [-0.2, -0.15) is 0 Å². The monoisotopic (exact) mass is 292 g/mol. The predicted molar refractivity (Wildman–Crippen MR) is 81.8 cm³/mol. The fourth-order valence-corrected chi connectivity index (χ4v) is 2.43. The Labute approximate surface area is 126 Å². The summed E-state index contributed by atoms with van der Waals surface area (Å²) in [7, 11) is 3.47. The van der Waals surface area contributed by atoms with E-state index >= 15 is 0 Å². The summed E-state index contributed by atoms with van der Waals surface area (Å²) in [5, 5.41) is 3.17. The van der Waals surface area contributed by atoms with Crippen LogP contribution in [0, 0.1) is 0 Å². The van der Waals surface area contributed by atoms with Crippen molar-refractivity contribution in [1.82, 2.24) is 10.2 Å². The van der Waals surface area contributed by atoms with Crippen LogP contribution in [0.2, 0.25) is 0 Å². The minimum Gasteiger partial charge on any atom is -0.496 e. The van der Waals surface area contributed by atoms with Gasteiger partial charge in [0.15, 0.2) is 0 Å². The summed E-state index contributed by atoms with van der Waals surface area (Å²) < 4.78 is 11.2. The van der Waals surface area contributed by atoms with Crippen LogP contribution in [0.5, 0.6) is 11.5 Å². The third-order valence-corrected chi connectivity index (χ3v) is 3.79. The first-order chi connectivity index (χ1) is 10.0. The van der Waals surface area contributed by atoms with E-state index in [-0.39, 0.29) is 12.0 Å². The zero-order chi connectivity index (χ0) is 15.4. The molecule has 116 valence electrons. The number of hydrogen-bond acceptors (Lipinski definition) is 4. The van der Waals surface area contributed by atoms with Crippen LogP contribution < -0.4 is 14.8 Å². The molecule has 2 rings (SSSR count). The van der Waals surface area contributed by atoms with E-state index in [0.29, 0.717) is 19.6 Å². The molecule has 0 aromatic heterocycles. The van der Waals surface area contributed by atoms with Crippen LogP contribution in [0.3, 0.4) is 0 Å². The van der Waals surface area contributed by atoms with E-state index in [0.717, 1.165) is 23.5 Å². The Morgan fingerprint density at radius 3 is 2.95 bits per heavy atom. The molecule has 0 spiro atoms. The smallest absolute Gasteiger partial charge is 0.236 e. The van der Waals surface area contributed by atoms with Crippen molar-refractivity contribution in [1.29, 1.82) is 0 Å². The summed E-state index contributed by atoms with van der Waals surface area (Å²) >= 11 is 0. The van der Waals surface area contributed by atoms with E-state index in [1.807, 2.05) is 19.1 Å². The molecule has 1 aromatic rings. The van der Waals surface area contributed by atoms with Crippen molar-refractivity contribution in [2.24, 2.45) is 0 Å². The highest BCUT2D eigenvalue weighted by atomic mass is 16.5. The van der Waals surface area contributed by atoms with E-state index in [9.17, 15) is 4.79 Å². The van der Waals surface area contributed by atoms with Crippen molar-refractivity contribution in [3.8, 4) is 11.5 Å². The molecule has 1 aliphatic rings. The van der Waals surface area contributed by atoms with Gasteiger partial charge in [-0.25, -0.2) is 0 Å². The first kappa shape index (κ1) is 15.6. The van der Waals surface area contributed by atoms with Gasteiger partial charge in [-0.3, -0.25) is 4.79 Å². The molecule has 1 aliphatic heterocycles. The topological polar surface area (TPSA) is 50.8 Å². The van der Waals surface area contributed by atoms with Crippen LogP contribution in [-0.4, -0.2) is 44.2 Å². The predicted octanol–water partition coefficient (Wildman–Crippen LogP) is 1.59. The number of nitrogens with one attached hydrogen (secondary N) is 1. The Kier molecular flexibility index (Phi) is 5.07.